The molecule has 0 aliphatic carbocycles. The van der Waals surface area contributed by atoms with E-state index in [4.69, 9.17) is 4.74 Å². The molecule has 0 fully saturated rings. The Kier molecular flexibility index (Phi) is 5.26. The molecule has 124 valence electrons. The normalized spacial score (nSPS) is 13.0. The topological polar surface area (TPSA) is 29.5 Å². The van der Waals surface area contributed by atoms with Crippen LogP contribution < -0.4 is 4.74 Å². The molecular formula is C17H16F4O2. The maximum atomic E-state index is 13.0. The lowest BCUT2D eigenvalue weighted by Gasteiger charge is -2.17. The monoisotopic (exact) mass is 328 g/mol. The molecular weight excluding hydrogens is 312 g/mol. The van der Waals surface area contributed by atoms with E-state index in [1.54, 1.807) is 13.0 Å². The Balaban J connectivity index is 2.02. The predicted molar refractivity (Wildman–Crippen MR) is 77.8 cm³/mol. The molecule has 2 nitrogen and oxygen atoms in total. The van der Waals surface area contributed by atoms with Crippen LogP contribution in [0.3, 0.4) is 0 Å². The first-order valence-corrected chi connectivity index (χ1v) is 6.99. The number of hydrogen-bond donors (Lipinski definition) is 1. The molecule has 0 spiro atoms. The zero-order chi connectivity index (χ0) is 17.0. The minimum atomic E-state index is -4.47. The van der Waals surface area contributed by atoms with Crippen molar-refractivity contribution >= 4 is 0 Å². The number of rotatable bonds is 5. The summed E-state index contributed by atoms with van der Waals surface area (Å²) in [5, 5.41) is 9.91. The third kappa shape index (κ3) is 4.96. The molecule has 1 unspecified atom stereocenters. The summed E-state index contributed by atoms with van der Waals surface area (Å²) < 4.78 is 57.1. The standard InChI is InChI=1S/C17H16F4O2/c1-11-2-3-12(16(8-11)17(19,20)21)9-14(22)10-23-15-6-4-13(18)5-7-15/h2-8,14,22H,9-10H2,1H3. The first-order valence-electron chi connectivity index (χ1n) is 6.99. The second-order valence-corrected chi connectivity index (χ2v) is 5.28. The Morgan fingerprint density at radius 1 is 1.09 bits per heavy atom. The summed E-state index contributed by atoms with van der Waals surface area (Å²) in [7, 11) is 0. The maximum Gasteiger partial charge on any atom is 0.416 e. The van der Waals surface area contributed by atoms with E-state index in [1.165, 1.54) is 30.3 Å². The fourth-order valence-corrected chi connectivity index (χ4v) is 2.17. The lowest BCUT2D eigenvalue weighted by Crippen LogP contribution is -2.22. The molecule has 0 saturated heterocycles. The molecule has 2 aromatic rings. The second kappa shape index (κ2) is 7.00. The first-order chi connectivity index (χ1) is 10.8. The van der Waals surface area contributed by atoms with Gasteiger partial charge >= 0.3 is 6.18 Å². The number of aliphatic hydroxyl groups excluding tert-OH is 1. The average molecular weight is 328 g/mol. The van der Waals surface area contributed by atoms with Crippen LogP contribution >= 0.6 is 0 Å². The van der Waals surface area contributed by atoms with Crippen LogP contribution in [0.4, 0.5) is 17.6 Å². The molecule has 0 heterocycles. The van der Waals surface area contributed by atoms with Crippen LogP contribution in [0.15, 0.2) is 42.5 Å². The number of benzene rings is 2. The fourth-order valence-electron chi connectivity index (χ4n) is 2.17. The van der Waals surface area contributed by atoms with Crippen molar-refractivity contribution in [1.82, 2.24) is 0 Å². The van der Waals surface area contributed by atoms with Crippen molar-refractivity contribution in [2.24, 2.45) is 0 Å². The first kappa shape index (κ1) is 17.3. The van der Waals surface area contributed by atoms with Gasteiger partial charge in [0.05, 0.1) is 11.7 Å². The van der Waals surface area contributed by atoms with Crippen LogP contribution in [-0.4, -0.2) is 17.8 Å². The third-order valence-corrected chi connectivity index (χ3v) is 3.28. The maximum absolute atomic E-state index is 13.0. The van der Waals surface area contributed by atoms with Crippen LogP contribution in [0, 0.1) is 12.7 Å². The van der Waals surface area contributed by atoms with Crippen LogP contribution in [0.2, 0.25) is 0 Å². The Morgan fingerprint density at radius 2 is 1.74 bits per heavy atom. The van der Waals surface area contributed by atoms with Gasteiger partial charge in [-0.3, -0.25) is 0 Å². The summed E-state index contributed by atoms with van der Waals surface area (Å²) in [5.74, 6) is -0.0854. The number of alkyl halides is 3. The largest absolute Gasteiger partial charge is 0.491 e. The van der Waals surface area contributed by atoms with Gasteiger partial charge in [-0.2, -0.15) is 13.2 Å². The molecule has 2 rings (SSSR count). The van der Waals surface area contributed by atoms with Gasteiger partial charge in [-0.05, 0) is 42.8 Å². The molecule has 1 N–H and O–H groups in total. The van der Waals surface area contributed by atoms with Crippen LogP contribution in [0.5, 0.6) is 5.75 Å². The highest BCUT2D eigenvalue weighted by Crippen LogP contribution is 2.33. The van der Waals surface area contributed by atoms with E-state index < -0.39 is 23.7 Å². The van der Waals surface area contributed by atoms with Gasteiger partial charge in [0.2, 0.25) is 0 Å². The smallest absolute Gasteiger partial charge is 0.416 e. The average Bonchev–Trinajstić information content (AvgIpc) is 2.47. The Labute approximate surface area is 131 Å². The lowest BCUT2D eigenvalue weighted by molar-refractivity contribution is -0.138. The van der Waals surface area contributed by atoms with E-state index >= 15 is 0 Å². The Morgan fingerprint density at radius 3 is 2.35 bits per heavy atom. The van der Waals surface area contributed by atoms with Gasteiger partial charge in [0.1, 0.15) is 18.2 Å². The Hall–Kier alpha value is -2.08. The highest BCUT2D eigenvalue weighted by Gasteiger charge is 2.33. The summed E-state index contributed by atoms with van der Waals surface area (Å²) >= 11 is 0. The van der Waals surface area contributed by atoms with Gasteiger partial charge in [-0.25, -0.2) is 4.39 Å². The van der Waals surface area contributed by atoms with Gasteiger partial charge in [0.25, 0.3) is 0 Å². The number of aliphatic hydroxyl groups is 1. The van der Waals surface area contributed by atoms with Gasteiger partial charge in [-0.1, -0.05) is 17.7 Å². The van der Waals surface area contributed by atoms with E-state index in [9.17, 15) is 22.7 Å². The number of aryl methyl sites for hydroxylation is 1. The zero-order valence-electron chi connectivity index (χ0n) is 12.4. The van der Waals surface area contributed by atoms with Crippen molar-refractivity contribution in [2.75, 3.05) is 6.61 Å². The van der Waals surface area contributed by atoms with E-state index in [-0.39, 0.29) is 18.6 Å². The molecule has 0 amide bonds. The zero-order valence-corrected chi connectivity index (χ0v) is 12.4. The molecule has 23 heavy (non-hydrogen) atoms. The summed E-state index contributed by atoms with van der Waals surface area (Å²) in [6.45, 7) is 1.39. The van der Waals surface area contributed by atoms with Gasteiger partial charge in [0, 0.05) is 6.42 Å². The van der Waals surface area contributed by atoms with Gasteiger partial charge in [0.15, 0.2) is 0 Å². The highest BCUT2D eigenvalue weighted by atomic mass is 19.4. The number of halogens is 4. The minimum absolute atomic E-state index is 0.0123. The van der Waals surface area contributed by atoms with Crippen molar-refractivity contribution in [3.05, 3.63) is 65.0 Å². The van der Waals surface area contributed by atoms with E-state index in [0.29, 0.717) is 11.3 Å². The summed E-state index contributed by atoms with van der Waals surface area (Å²) in [5.41, 5.74) is -0.241. The van der Waals surface area contributed by atoms with E-state index in [1.807, 2.05) is 0 Å². The van der Waals surface area contributed by atoms with Crippen LogP contribution in [0.25, 0.3) is 0 Å². The molecule has 0 radical (unpaired) electrons. The summed E-state index contributed by atoms with van der Waals surface area (Å²) in [6, 6.07) is 9.15. The number of ether oxygens (including phenoxy) is 1. The quantitative estimate of drug-likeness (QED) is 0.836. The molecule has 0 aromatic heterocycles. The molecule has 6 heteroatoms. The SMILES string of the molecule is Cc1ccc(CC(O)COc2ccc(F)cc2)c(C(F)(F)F)c1. The third-order valence-electron chi connectivity index (χ3n) is 3.28. The minimum Gasteiger partial charge on any atom is -0.491 e. The summed E-state index contributed by atoms with van der Waals surface area (Å²) in [6.07, 6.45) is -5.77. The fraction of sp³-hybridized carbons (Fsp3) is 0.294. The number of hydrogen-bond acceptors (Lipinski definition) is 2. The molecule has 0 aliphatic heterocycles. The lowest BCUT2D eigenvalue weighted by atomic mass is 9.99. The summed E-state index contributed by atoms with van der Waals surface area (Å²) in [4.78, 5) is 0. The van der Waals surface area contributed by atoms with Crippen molar-refractivity contribution in [3.8, 4) is 5.75 Å². The molecule has 0 bridgehead atoms. The molecule has 0 saturated carbocycles. The highest BCUT2D eigenvalue weighted by molar-refractivity contribution is 5.34. The van der Waals surface area contributed by atoms with Crippen LogP contribution in [-0.2, 0) is 12.6 Å². The van der Waals surface area contributed by atoms with Gasteiger partial charge < -0.3 is 9.84 Å². The van der Waals surface area contributed by atoms with Crippen molar-refractivity contribution < 1.29 is 27.4 Å². The van der Waals surface area contributed by atoms with E-state index in [2.05, 4.69) is 0 Å². The van der Waals surface area contributed by atoms with E-state index in [0.717, 1.165) is 6.07 Å². The Bertz CT molecular complexity index is 651. The second-order valence-electron chi connectivity index (χ2n) is 5.28. The predicted octanol–water partition coefficient (Wildman–Crippen LogP) is 4.14. The van der Waals surface area contributed by atoms with Gasteiger partial charge in [-0.15, -0.1) is 0 Å². The van der Waals surface area contributed by atoms with Crippen molar-refractivity contribution in [3.63, 3.8) is 0 Å². The molecule has 1 atom stereocenters. The van der Waals surface area contributed by atoms with Crippen molar-refractivity contribution in [2.45, 2.75) is 25.6 Å². The van der Waals surface area contributed by atoms with Crippen molar-refractivity contribution in [1.29, 1.82) is 0 Å². The molecule has 0 aliphatic rings. The van der Waals surface area contributed by atoms with Crippen LogP contribution in [0.1, 0.15) is 16.7 Å². The molecule has 2 aromatic carbocycles.